The molecule has 0 atom stereocenters. The second kappa shape index (κ2) is 39.2. The quantitative estimate of drug-likeness (QED) is 0.0937. The van der Waals surface area contributed by atoms with Gasteiger partial charge in [-0.3, -0.25) is 0 Å². The Hall–Kier alpha value is 0. The van der Waals surface area contributed by atoms with Crippen LogP contribution in [0.4, 0.5) is 0 Å². The zero-order chi connectivity index (χ0) is 34.8. The lowest BCUT2D eigenvalue weighted by Gasteiger charge is -2.05. The molecule has 0 aliphatic rings. The third kappa shape index (κ3) is 68.9. The van der Waals surface area contributed by atoms with E-state index in [9.17, 15) is 0 Å². The van der Waals surface area contributed by atoms with E-state index >= 15 is 0 Å². The standard InChI is InChI=1S/4C11H24/c4*1-10(2)8-6-5-7-9-11(3)4/h4*10-11H,5-9H2,1-4H3. The molecule has 272 valence electrons. The molecule has 0 saturated carbocycles. The van der Waals surface area contributed by atoms with Gasteiger partial charge in [0.2, 0.25) is 0 Å². The average Bonchev–Trinajstić information content (AvgIpc) is 2.87. The summed E-state index contributed by atoms with van der Waals surface area (Å²) in [6.45, 7) is 36.9. The predicted octanol–water partition coefficient (Wildman–Crippen LogP) is 17.0. The van der Waals surface area contributed by atoms with Crippen LogP contribution in [0.3, 0.4) is 0 Å². The molecule has 0 aliphatic carbocycles. The van der Waals surface area contributed by atoms with E-state index in [2.05, 4.69) is 111 Å². The van der Waals surface area contributed by atoms with Crippen LogP contribution in [0.25, 0.3) is 0 Å². The largest absolute Gasteiger partial charge is 0.0628 e. The summed E-state index contributed by atoms with van der Waals surface area (Å²) in [5.41, 5.74) is 0. The molecule has 0 heteroatoms. The van der Waals surface area contributed by atoms with Crippen LogP contribution in [-0.2, 0) is 0 Å². The lowest BCUT2D eigenvalue weighted by atomic mass is 10.0. The molecule has 0 aliphatic heterocycles. The van der Waals surface area contributed by atoms with Gasteiger partial charge < -0.3 is 0 Å². The number of hydrogen-bond acceptors (Lipinski definition) is 0. The summed E-state index contributed by atoms with van der Waals surface area (Å²) in [6, 6.07) is 0. The first kappa shape index (κ1) is 50.8. The minimum Gasteiger partial charge on any atom is -0.0628 e. The Labute approximate surface area is 285 Å². The van der Waals surface area contributed by atoms with Crippen molar-refractivity contribution in [2.45, 2.75) is 239 Å². The van der Waals surface area contributed by atoms with Crippen LogP contribution in [0.15, 0.2) is 0 Å². The molecule has 0 aromatic carbocycles. The van der Waals surface area contributed by atoms with Gasteiger partial charge in [0.25, 0.3) is 0 Å². The first-order valence-corrected chi connectivity index (χ1v) is 20.5. The molecule has 44 heavy (non-hydrogen) atoms. The van der Waals surface area contributed by atoms with E-state index in [1.807, 2.05) is 0 Å². The van der Waals surface area contributed by atoms with E-state index < -0.39 is 0 Å². The summed E-state index contributed by atoms with van der Waals surface area (Å²) in [5, 5.41) is 0. The van der Waals surface area contributed by atoms with Crippen molar-refractivity contribution < 1.29 is 0 Å². The molecule has 0 fully saturated rings. The Morgan fingerprint density at radius 3 is 0.318 bits per heavy atom. The van der Waals surface area contributed by atoms with E-state index in [4.69, 9.17) is 0 Å². The number of hydrogen-bond donors (Lipinski definition) is 0. The third-order valence-electron chi connectivity index (χ3n) is 8.25. The van der Waals surface area contributed by atoms with Crippen LogP contribution in [0.2, 0.25) is 0 Å². The topological polar surface area (TPSA) is 0 Å². The molecule has 0 aromatic rings. The van der Waals surface area contributed by atoms with E-state index in [-0.39, 0.29) is 0 Å². The molecule has 0 rings (SSSR count). The molecule has 0 radical (unpaired) electrons. The first-order valence-electron chi connectivity index (χ1n) is 20.5. The van der Waals surface area contributed by atoms with E-state index in [1.54, 1.807) is 0 Å². The fourth-order valence-electron chi connectivity index (χ4n) is 5.13. The Balaban J connectivity index is -0.000000242. The lowest BCUT2D eigenvalue weighted by Crippen LogP contribution is -1.89. The minimum atomic E-state index is 0.897. The molecular weight excluding hydrogens is 528 g/mol. The Morgan fingerprint density at radius 2 is 0.250 bits per heavy atom. The normalized spacial score (nSPS) is 11.5. The van der Waals surface area contributed by atoms with Gasteiger partial charge in [-0.25, -0.2) is 0 Å². The van der Waals surface area contributed by atoms with Crippen molar-refractivity contribution in [1.82, 2.24) is 0 Å². The fourth-order valence-corrected chi connectivity index (χ4v) is 5.13. The second-order valence-corrected chi connectivity index (χ2v) is 17.7. The summed E-state index contributed by atoms with van der Waals surface area (Å²) < 4.78 is 0. The molecule has 0 saturated heterocycles. The van der Waals surface area contributed by atoms with Crippen LogP contribution in [0, 0.1) is 47.3 Å². The minimum absolute atomic E-state index is 0.897. The maximum Gasteiger partial charge on any atom is -0.0471 e. The van der Waals surface area contributed by atoms with Gasteiger partial charge in [-0.1, -0.05) is 239 Å². The van der Waals surface area contributed by atoms with Crippen LogP contribution >= 0.6 is 0 Å². The van der Waals surface area contributed by atoms with Gasteiger partial charge in [0.05, 0.1) is 0 Å². The smallest absolute Gasteiger partial charge is 0.0471 e. The summed E-state index contributed by atoms with van der Waals surface area (Å²) in [6.07, 6.45) is 28.6. The summed E-state index contributed by atoms with van der Waals surface area (Å²) in [5.74, 6) is 7.18. The SMILES string of the molecule is CC(C)CCCCCC(C)C.CC(C)CCCCCC(C)C.CC(C)CCCCCC(C)C.CC(C)CCCCCC(C)C. The van der Waals surface area contributed by atoms with E-state index in [1.165, 1.54) is 128 Å². The van der Waals surface area contributed by atoms with Gasteiger partial charge in [-0.15, -0.1) is 0 Å². The zero-order valence-corrected chi connectivity index (χ0v) is 34.8. The van der Waals surface area contributed by atoms with Crippen LogP contribution in [0.5, 0.6) is 0 Å². The van der Waals surface area contributed by atoms with Gasteiger partial charge >= 0.3 is 0 Å². The molecule has 0 spiro atoms. The van der Waals surface area contributed by atoms with Gasteiger partial charge in [-0.2, -0.15) is 0 Å². The average molecular weight is 625 g/mol. The van der Waals surface area contributed by atoms with Crippen molar-refractivity contribution in [3.05, 3.63) is 0 Å². The first-order chi connectivity index (χ1) is 20.5. The summed E-state index contributed by atoms with van der Waals surface area (Å²) in [4.78, 5) is 0. The van der Waals surface area contributed by atoms with Crippen LogP contribution in [-0.4, -0.2) is 0 Å². The monoisotopic (exact) mass is 625 g/mol. The van der Waals surface area contributed by atoms with Crippen molar-refractivity contribution >= 4 is 0 Å². The molecule has 0 bridgehead atoms. The van der Waals surface area contributed by atoms with Crippen molar-refractivity contribution in [1.29, 1.82) is 0 Å². The molecule has 0 amide bonds. The highest BCUT2D eigenvalue weighted by Gasteiger charge is 1.99. The number of rotatable bonds is 24. The molecule has 0 unspecified atom stereocenters. The molecular formula is C44H96. The highest BCUT2D eigenvalue weighted by molar-refractivity contribution is 4.52. The third-order valence-corrected chi connectivity index (χ3v) is 8.25. The fraction of sp³-hybridized carbons (Fsp3) is 1.00. The Bertz CT molecular complexity index is 336. The molecule has 0 nitrogen and oxygen atoms in total. The second-order valence-electron chi connectivity index (χ2n) is 17.7. The lowest BCUT2D eigenvalue weighted by molar-refractivity contribution is 0.486. The van der Waals surface area contributed by atoms with Crippen molar-refractivity contribution in [2.75, 3.05) is 0 Å². The van der Waals surface area contributed by atoms with Gasteiger partial charge in [-0.05, 0) is 47.3 Å². The summed E-state index contributed by atoms with van der Waals surface area (Å²) >= 11 is 0. The molecule has 0 N–H and O–H groups in total. The maximum absolute atomic E-state index is 2.31. The zero-order valence-electron chi connectivity index (χ0n) is 34.8. The van der Waals surface area contributed by atoms with Gasteiger partial charge in [0, 0.05) is 0 Å². The number of unbranched alkanes of at least 4 members (excludes halogenated alkanes) is 8. The summed E-state index contributed by atoms with van der Waals surface area (Å²) in [7, 11) is 0. The Morgan fingerprint density at radius 1 is 0.159 bits per heavy atom. The highest BCUT2D eigenvalue weighted by atomic mass is 14.0. The van der Waals surface area contributed by atoms with Crippen LogP contribution in [0.1, 0.15) is 239 Å². The molecule has 0 aromatic heterocycles. The van der Waals surface area contributed by atoms with Crippen molar-refractivity contribution in [3.8, 4) is 0 Å². The molecule has 0 heterocycles. The van der Waals surface area contributed by atoms with Crippen molar-refractivity contribution in [3.63, 3.8) is 0 Å². The Kier molecular flexibility index (Phi) is 45.3. The predicted molar refractivity (Wildman–Crippen MR) is 211 cm³/mol. The van der Waals surface area contributed by atoms with E-state index in [0.29, 0.717) is 0 Å². The van der Waals surface area contributed by atoms with Crippen molar-refractivity contribution in [2.24, 2.45) is 47.3 Å². The highest BCUT2D eigenvalue weighted by Crippen LogP contribution is 2.15. The van der Waals surface area contributed by atoms with Crippen LogP contribution < -0.4 is 0 Å². The van der Waals surface area contributed by atoms with Gasteiger partial charge in [0.15, 0.2) is 0 Å². The maximum atomic E-state index is 2.31. The van der Waals surface area contributed by atoms with E-state index in [0.717, 1.165) is 47.3 Å². The van der Waals surface area contributed by atoms with Gasteiger partial charge in [0.1, 0.15) is 0 Å².